The molecule has 2 unspecified atom stereocenters. The quantitative estimate of drug-likeness (QED) is 0.327. The normalized spacial score (nSPS) is 24.0. The van der Waals surface area contributed by atoms with Crippen molar-refractivity contribution >= 4 is 17.3 Å². The highest BCUT2D eigenvalue weighted by molar-refractivity contribution is 7.11. The number of piperidine rings is 1. The fourth-order valence-corrected chi connectivity index (χ4v) is 8.09. The molecule has 206 valence electrons. The summed E-state index contributed by atoms with van der Waals surface area (Å²) >= 11 is 1.89. The van der Waals surface area contributed by atoms with Crippen molar-refractivity contribution in [1.82, 2.24) is 14.8 Å². The average Bonchev–Trinajstić information content (AvgIpc) is 3.57. The number of aliphatic carboxylic acids is 1. The predicted octanol–water partition coefficient (Wildman–Crippen LogP) is 6.27. The first kappa shape index (κ1) is 26.7. The van der Waals surface area contributed by atoms with E-state index in [4.69, 9.17) is 4.98 Å². The molecule has 5 nitrogen and oxygen atoms in total. The molecule has 3 aliphatic rings. The third kappa shape index (κ3) is 6.45. The van der Waals surface area contributed by atoms with Crippen LogP contribution in [-0.2, 0) is 11.2 Å². The number of carboxylic acid groups (broad SMARTS) is 1. The van der Waals surface area contributed by atoms with Crippen LogP contribution in [0.25, 0.3) is 0 Å². The summed E-state index contributed by atoms with van der Waals surface area (Å²) in [5.74, 6) is 1.43. The Kier molecular flexibility index (Phi) is 8.43. The van der Waals surface area contributed by atoms with Gasteiger partial charge in [0.25, 0.3) is 0 Å². The molecule has 1 N–H and O–H groups in total. The second-order valence-electron chi connectivity index (χ2n) is 12.0. The third-order valence-electron chi connectivity index (χ3n) is 9.46. The van der Waals surface area contributed by atoms with Crippen molar-refractivity contribution in [2.45, 2.75) is 62.8 Å². The molecule has 3 atom stereocenters. The van der Waals surface area contributed by atoms with Crippen LogP contribution in [0.15, 0.2) is 66.9 Å². The zero-order valence-electron chi connectivity index (χ0n) is 22.8. The number of thiazole rings is 1. The Morgan fingerprint density at radius 1 is 0.974 bits per heavy atom. The SMILES string of the molecule is O=C(O)C(CC1CCC1)N1CC(c2ccccc2)[C@@H](CN2CCC(c3cnc(Cc4ccccc4)s3)CC2)C1. The van der Waals surface area contributed by atoms with Crippen LogP contribution >= 0.6 is 11.3 Å². The van der Waals surface area contributed by atoms with Crippen LogP contribution in [0.4, 0.5) is 0 Å². The van der Waals surface area contributed by atoms with Gasteiger partial charge in [0.05, 0.1) is 5.01 Å². The second kappa shape index (κ2) is 12.3. The highest BCUT2D eigenvalue weighted by Crippen LogP contribution is 2.39. The summed E-state index contributed by atoms with van der Waals surface area (Å²) in [6, 6.07) is 21.1. The molecule has 2 aliphatic heterocycles. The summed E-state index contributed by atoms with van der Waals surface area (Å²) in [4.78, 5) is 23.5. The predicted molar refractivity (Wildman–Crippen MR) is 157 cm³/mol. The third-order valence-corrected chi connectivity index (χ3v) is 10.6. The van der Waals surface area contributed by atoms with Crippen LogP contribution in [0, 0.1) is 11.8 Å². The van der Waals surface area contributed by atoms with E-state index in [0.29, 0.717) is 23.7 Å². The first-order valence-electron chi connectivity index (χ1n) is 14.8. The van der Waals surface area contributed by atoms with E-state index in [-0.39, 0.29) is 6.04 Å². The lowest BCUT2D eigenvalue weighted by Gasteiger charge is -2.34. The summed E-state index contributed by atoms with van der Waals surface area (Å²) in [6.45, 7) is 5.03. The number of aromatic nitrogens is 1. The number of nitrogens with zero attached hydrogens (tertiary/aromatic N) is 3. The molecule has 0 bridgehead atoms. The van der Waals surface area contributed by atoms with Crippen molar-refractivity contribution in [2.75, 3.05) is 32.7 Å². The molecule has 39 heavy (non-hydrogen) atoms. The maximum Gasteiger partial charge on any atom is 0.320 e. The van der Waals surface area contributed by atoms with Gasteiger partial charge in [-0.3, -0.25) is 9.69 Å². The monoisotopic (exact) mass is 543 g/mol. The van der Waals surface area contributed by atoms with Gasteiger partial charge in [-0.2, -0.15) is 0 Å². The van der Waals surface area contributed by atoms with Crippen molar-refractivity contribution in [1.29, 1.82) is 0 Å². The van der Waals surface area contributed by atoms with E-state index in [1.54, 1.807) is 0 Å². The lowest BCUT2D eigenvalue weighted by Crippen LogP contribution is -2.43. The van der Waals surface area contributed by atoms with Gasteiger partial charge < -0.3 is 10.0 Å². The molecule has 0 amide bonds. The van der Waals surface area contributed by atoms with Gasteiger partial charge in [-0.25, -0.2) is 4.98 Å². The minimum Gasteiger partial charge on any atom is -0.480 e. The van der Waals surface area contributed by atoms with Crippen molar-refractivity contribution in [3.8, 4) is 0 Å². The van der Waals surface area contributed by atoms with Crippen LogP contribution in [0.3, 0.4) is 0 Å². The molecule has 0 spiro atoms. The minimum absolute atomic E-state index is 0.339. The summed E-state index contributed by atoms with van der Waals surface area (Å²) < 4.78 is 0. The number of carboxylic acids is 1. The summed E-state index contributed by atoms with van der Waals surface area (Å²) in [7, 11) is 0. The second-order valence-corrected chi connectivity index (χ2v) is 13.2. The van der Waals surface area contributed by atoms with Gasteiger partial charge >= 0.3 is 5.97 Å². The van der Waals surface area contributed by atoms with Gasteiger partial charge in [-0.05, 0) is 61.2 Å². The minimum atomic E-state index is -0.633. The van der Waals surface area contributed by atoms with Gasteiger partial charge in [0.15, 0.2) is 0 Å². The maximum atomic E-state index is 12.3. The van der Waals surface area contributed by atoms with E-state index in [9.17, 15) is 9.90 Å². The number of rotatable bonds is 10. The molecule has 3 heterocycles. The van der Waals surface area contributed by atoms with Crippen LogP contribution in [0.5, 0.6) is 0 Å². The summed E-state index contributed by atoms with van der Waals surface area (Å²) in [5.41, 5.74) is 2.69. The fraction of sp³-hybridized carbons (Fsp3) is 0.515. The molecule has 2 saturated heterocycles. The zero-order chi connectivity index (χ0) is 26.6. The van der Waals surface area contributed by atoms with E-state index in [1.165, 1.54) is 53.1 Å². The molecular formula is C33H41N3O2S. The first-order chi connectivity index (χ1) is 19.1. The molecule has 1 saturated carbocycles. The zero-order valence-corrected chi connectivity index (χ0v) is 23.6. The molecule has 0 radical (unpaired) electrons. The topological polar surface area (TPSA) is 56.7 Å². The standard InChI is InChI=1S/C33H41N3O2S/c37-33(38)30(18-24-10-7-11-24)36-22-28(29(23-36)26-12-5-2-6-13-26)21-35-16-14-27(15-17-35)31-20-34-32(39-31)19-25-8-3-1-4-9-25/h1-6,8-9,12-13,20,24,27-30H,7,10-11,14-19,21-23H2,(H,37,38)/t28-,29?,30?/m0/s1. The van der Waals surface area contributed by atoms with E-state index >= 15 is 0 Å². The van der Waals surface area contributed by atoms with Crippen LogP contribution in [0.2, 0.25) is 0 Å². The summed E-state index contributed by atoms with van der Waals surface area (Å²) in [6.07, 6.45) is 9.88. The number of likely N-dealkylation sites (tertiary alicyclic amines) is 2. The fourth-order valence-electron chi connectivity index (χ4n) is 6.97. The number of benzene rings is 2. The van der Waals surface area contributed by atoms with E-state index in [0.717, 1.165) is 45.6 Å². The maximum absolute atomic E-state index is 12.3. The van der Waals surface area contributed by atoms with E-state index in [1.807, 2.05) is 11.3 Å². The molecule has 6 heteroatoms. The Hall–Kier alpha value is -2.54. The highest BCUT2D eigenvalue weighted by Gasteiger charge is 2.41. The Balaban J connectivity index is 1.08. The molecule has 3 aromatic rings. The lowest BCUT2D eigenvalue weighted by atomic mass is 9.80. The molecule has 2 aromatic carbocycles. The largest absolute Gasteiger partial charge is 0.480 e. The summed E-state index contributed by atoms with van der Waals surface area (Å²) in [5, 5.41) is 11.3. The van der Waals surface area contributed by atoms with Gasteiger partial charge in [0.2, 0.25) is 0 Å². The molecule has 3 fully saturated rings. The van der Waals surface area contributed by atoms with Crippen LogP contribution in [-0.4, -0.2) is 64.6 Å². The Labute approximate surface area is 236 Å². The number of hydrogen-bond donors (Lipinski definition) is 1. The lowest BCUT2D eigenvalue weighted by molar-refractivity contribution is -0.144. The Morgan fingerprint density at radius 3 is 2.36 bits per heavy atom. The Bertz CT molecular complexity index is 1200. The molecule has 1 aliphatic carbocycles. The molecule has 6 rings (SSSR count). The van der Waals surface area contributed by atoms with Crippen LogP contribution < -0.4 is 0 Å². The van der Waals surface area contributed by atoms with Crippen molar-refractivity contribution in [2.24, 2.45) is 11.8 Å². The van der Waals surface area contributed by atoms with Crippen molar-refractivity contribution in [3.63, 3.8) is 0 Å². The van der Waals surface area contributed by atoms with Crippen molar-refractivity contribution in [3.05, 3.63) is 87.9 Å². The highest BCUT2D eigenvalue weighted by atomic mass is 32.1. The van der Waals surface area contributed by atoms with Gasteiger partial charge in [0, 0.05) is 43.0 Å². The first-order valence-corrected chi connectivity index (χ1v) is 15.7. The number of carbonyl (C=O) groups is 1. The Morgan fingerprint density at radius 2 is 1.69 bits per heavy atom. The van der Waals surface area contributed by atoms with Crippen molar-refractivity contribution < 1.29 is 9.90 Å². The number of hydrogen-bond acceptors (Lipinski definition) is 5. The van der Waals surface area contributed by atoms with E-state index in [2.05, 4.69) is 76.7 Å². The van der Waals surface area contributed by atoms with Crippen LogP contribution in [0.1, 0.15) is 71.4 Å². The van der Waals surface area contributed by atoms with Gasteiger partial charge in [-0.15, -0.1) is 11.3 Å². The van der Waals surface area contributed by atoms with E-state index < -0.39 is 5.97 Å². The molecule has 1 aromatic heterocycles. The average molecular weight is 544 g/mol. The van der Waals surface area contributed by atoms with Gasteiger partial charge in [-0.1, -0.05) is 79.9 Å². The van der Waals surface area contributed by atoms with Gasteiger partial charge in [0.1, 0.15) is 6.04 Å². The molecular weight excluding hydrogens is 502 g/mol. The smallest absolute Gasteiger partial charge is 0.320 e.